The first-order chi connectivity index (χ1) is 9.79. The second kappa shape index (κ2) is 8.05. The Morgan fingerprint density at radius 2 is 1.85 bits per heavy atom. The van der Waals surface area contributed by atoms with E-state index in [0.717, 1.165) is 43.6 Å². The molecule has 0 spiro atoms. The molecule has 1 saturated carbocycles. The molecule has 1 aromatic carbocycles. The Bertz CT molecular complexity index is 431. The van der Waals surface area contributed by atoms with E-state index in [4.69, 9.17) is 4.74 Å². The van der Waals surface area contributed by atoms with Gasteiger partial charge in [0.05, 0.1) is 7.11 Å². The van der Waals surface area contributed by atoms with Crippen molar-refractivity contribution in [3.63, 3.8) is 0 Å². The fourth-order valence-corrected chi connectivity index (χ4v) is 2.60. The minimum absolute atomic E-state index is 0.118. The first-order valence-corrected chi connectivity index (χ1v) is 7.49. The van der Waals surface area contributed by atoms with E-state index in [2.05, 4.69) is 5.32 Å². The van der Waals surface area contributed by atoms with E-state index in [1.165, 1.54) is 12.0 Å². The van der Waals surface area contributed by atoms with Gasteiger partial charge >= 0.3 is 0 Å². The highest BCUT2D eigenvalue weighted by molar-refractivity contribution is 5.27. The molecule has 0 aromatic heterocycles. The number of hydrogen-bond donors (Lipinski definition) is 1. The van der Waals surface area contributed by atoms with E-state index in [9.17, 15) is 4.39 Å². The maximum Gasteiger partial charge on any atom is 0.118 e. The summed E-state index contributed by atoms with van der Waals surface area (Å²) in [7, 11) is 1.66. The molecule has 0 unspecified atom stereocenters. The van der Waals surface area contributed by atoms with Crippen molar-refractivity contribution in [2.75, 3.05) is 13.7 Å². The number of rotatable bonds is 6. The molecule has 2 nitrogen and oxygen atoms in total. The Hall–Kier alpha value is -1.35. The highest BCUT2D eigenvalue weighted by atomic mass is 19.1. The van der Waals surface area contributed by atoms with Gasteiger partial charge in [-0.05, 0) is 49.0 Å². The van der Waals surface area contributed by atoms with Crippen LogP contribution in [0.2, 0.25) is 0 Å². The largest absolute Gasteiger partial charge is 0.497 e. The molecule has 0 heterocycles. The van der Waals surface area contributed by atoms with Gasteiger partial charge in [-0.1, -0.05) is 18.6 Å². The summed E-state index contributed by atoms with van der Waals surface area (Å²) in [5, 5.41) is 3.29. The molecule has 20 heavy (non-hydrogen) atoms. The maximum absolute atomic E-state index is 13.9. The highest BCUT2D eigenvalue weighted by Crippen LogP contribution is 2.27. The van der Waals surface area contributed by atoms with Crippen LogP contribution in [0, 0.1) is 0 Å². The van der Waals surface area contributed by atoms with Crippen LogP contribution in [0.3, 0.4) is 0 Å². The van der Waals surface area contributed by atoms with Crippen molar-refractivity contribution in [3.8, 4) is 5.75 Å². The Balaban J connectivity index is 1.70. The third-order valence-electron chi connectivity index (χ3n) is 3.85. The summed E-state index contributed by atoms with van der Waals surface area (Å²) in [5.41, 5.74) is 2.25. The first kappa shape index (κ1) is 15.0. The molecule has 1 aliphatic carbocycles. The summed E-state index contributed by atoms with van der Waals surface area (Å²) in [4.78, 5) is 0. The van der Waals surface area contributed by atoms with Gasteiger partial charge < -0.3 is 10.1 Å². The maximum atomic E-state index is 13.9. The van der Waals surface area contributed by atoms with Crippen molar-refractivity contribution in [2.24, 2.45) is 0 Å². The minimum atomic E-state index is 0.118. The van der Waals surface area contributed by atoms with Gasteiger partial charge in [-0.15, -0.1) is 0 Å². The smallest absolute Gasteiger partial charge is 0.118 e. The van der Waals surface area contributed by atoms with Crippen molar-refractivity contribution in [1.29, 1.82) is 0 Å². The third kappa shape index (κ3) is 4.64. The Labute approximate surface area is 121 Å². The topological polar surface area (TPSA) is 21.3 Å². The van der Waals surface area contributed by atoms with Gasteiger partial charge in [0, 0.05) is 19.5 Å². The van der Waals surface area contributed by atoms with E-state index < -0.39 is 0 Å². The summed E-state index contributed by atoms with van der Waals surface area (Å²) in [5.74, 6) is 0.980. The zero-order valence-corrected chi connectivity index (χ0v) is 12.3. The predicted octanol–water partition coefficient (Wildman–Crippen LogP) is 4.36. The van der Waals surface area contributed by atoms with Gasteiger partial charge in [0.1, 0.15) is 11.6 Å². The molecule has 3 heteroatoms. The van der Waals surface area contributed by atoms with Crippen LogP contribution in [-0.2, 0) is 6.54 Å². The molecule has 1 aromatic rings. The Morgan fingerprint density at radius 3 is 2.50 bits per heavy atom. The fraction of sp³-hybridized carbons (Fsp3) is 0.529. The van der Waals surface area contributed by atoms with Gasteiger partial charge in [0.25, 0.3) is 0 Å². The van der Waals surface area contributed by atoms with Gasteiger partial charge in [-0.25, -0.2) is 4.39 Å². The number of halogens is 1. The molecule has 1 fully saturated rings. The number of ether oxygens (including phenoxy) is 1. The highest BCUT2D eigenvalue weighted by Gasteiger charge is 2.10. The summed E-state index contributed by atoms with van der Waals surface area (Å²) in [6.07, 6.45) is 6.01. The molecule has 0 aliphatic heterocycles. The van der Waals surface area contributed by atoms with Crippen LogP contribution in [0.15, 0.2) is 35.7 Å². The van der Waals surface area contributed by atoms with Gasteiger partial charge in [-0.2, -0.15) is 0 Å². The van der Waals surface area contributed by atoms with Gasteiger partial charge in [0.2, 0.25) is 0 Å². The molecular formula is C17H24FNO. The van der Waals surface area contributed by atoms with Crippen molar-refractivity contribution < 1.29 is 9.13 Å². The Morgan fingerprint density at radius 1 is 1.15 bits per heavy atom. The number of nitrogens with one attached hydrogen (secondary N) is 1. The number of benzene rings is 1. The van der Waals surface area contributed by atoms with Crippen LogP contribution in [0.4, 0.5) is 4.39 Å². The van der Waals surface area contributed by atoms with Crippen molar-refractivity contribution in [3.05, 3.63) is 41.2 Å². The zero-order chi connectivity index (χ0) is 14.2. The Kier molecular flexibility index (Phi) is 6.06. The van der Waals surface area contributed by atoms with Crippen molar-refractivity contribution in [1.82, 2.24) is 5.32 Å². The van der Waals surface area contributed by atoms with Gasteiger partial charge in [-0.3, -0.25) is 0 Å². The average molecular weight is 277 g/mol. The van der Waals surface area contributed by atoms with E-state index >= 15 is 0 Å². The van der Waals surface area contributed by atoms with Crippen LogP contribution in [0.1, 0.15) is 44.1 Å². The zero-order valence-electron chi connectivity index (χ0n) is 12.3. The molecule has 2 rings (SSSR count). The molecule has 0 radical (unpaired) electrons. The molecule has 1 aliphatic rings. The summed E-state index contributed by atoms with van der Waals surface area (Å²) >= 11 is 0. The summed E-state index contributed by atoms with van der Waals surface area (Å²) < 4.78 is 19.1. The second-order valence-corrected chi connectivity index (χ2v) is 5.34. The molecule has 0 saturated heterocycles. The van der Waals surface area contributed by atoms with Gasteiger partial charge in [0.15, 0.2) is 0 Å². The monoisotopic (exact) mass is 277 g/mol. The van der Waals surface area contributed by atoms with Crippen LogP contribution in [0.5, 0.6) is 5.75 Å². The lowest BCUT2D eigenvalue weighted by Gasteiger charge is -2.15. The molecular weight excluding hydrogens is 253 g/mol. The van der Waals surface area contributed by atoms with Crippen LogP contribution in [0.25, 0.3) is 0 Å². The standard InChI is InChI=1S/C17H24FNO/c1-20-16-9-7-14(8-10-16)13-19-12-11-17(18)15-5-3-2-4-6-15/h7-10,19H,2-6,11-13H2,1H3. The molecule has 110 valence electrons. The van der Waals surface area contributed by atoms with E-state index in [1.54, 1.807) is 7.11 Å². The minimum Gasteiger partial charge on any atom is -0.497 e. The molecule has 0 bridgehead atoms. The fourth-order valence-electron chi connectivity index (χ4n) is 2.60. The van der Waals surface area contributed by atoms with Crippen LogP contribution < -0.4 is 10.1 Å². The summed E-state index contributed by atoms with van der Waals surface area (Å²) in [6, 6.07) is 7.95. The lowest BCUT2D eigenvalue weighted by atomic mass is 9.93. The normalized spacial score (nSPS) is 15.2. The molecule has 1 N–H and O–H groups in total. The lowest BCUT2D eigenvalue weighted by molar-refractivity contribution is 0.414. The number of methoxy groups -OCH3 is 1. The van der Waals surface area contributed by atoms with E-state index in [0.29, 0.717) is 13.0 Å². The van der Waals surface area contributed by atoms with Crippen molar-refractivity contribution in [2.45, 2.75) is 45.1 Å². The van der Waals surface area contributed by atoms with Crippen molar-refractivity contribution >= 4 is 0 Å². The quantitative estimate of drug-likeness (QED) is 0.780. The second-order valence-electron chi connectivity index (χ2n) is 5.34. The first-order valence-electron chi connectivity index (χ1n) is 7.49. The lowest BCUT2D eigenvalue weighted by Crippen LogP contribution is -2.15. The average Bonchev–Trinajstić information content (AvgIpc) is 2.53. The molecule has 0 amide bonds. The molecule has 0 atom stereocenters. The van der Waals surface area contributed by atoms with Crippen LogP contribution >= 0.6 is 0 Å². The van der Waals surface area contributed by atoms with E-state index in [1.807, 2.05) is 24.3 Å². The number of hydrogen-bond acceptors (Lipinski definition) is 2. The van der Waals surface area contributed by atoms with Crippen LogP contribution in [-0.4, -0.2) is 13.7 Å². The third-order valence-corrected chi connectivity index (χ3v) is 3.85. The SMILES string of the molecule is COc1ccc(CNCCC(F)=C2CCCCC2)cc1. The summed E-state index contributed by atoms with van der Waals surface area (Å²) in [6.45, 7) is 1.47. The number of allylic oxidation sites excluding steroid dienone is 1. The predicted molar refractivity (Wildman–Crippen MR) is 80.5 cm³/mol. The van der Waals surface area contributed by atoms with E-state index in [-0.39, 0.29) is 5.83 Å².